The van der Waals surface area contributed by atoms with Crippen molar-refractivity contribution < 1.29 is 0 Å². The minimum atomic E-state index is -1.62. The molecule has 1 aliphatic rings. The van der Waals surface area contributed by atoms with E-state index in [9.17, 15) is 0 Å². The average molecular weight is 170 g/mol. The molecule has 8 heavy (non-hydrogen) atoms. The van der Waals surface area contributed by atoms with Crippen LogP contribution < -0.4 is 5.73 Å². The minimum absolute atomic E-state index is 0.657. The summed E-state index contributed by atoms with van der Waals surface area (Å²) in [6.07, 6.45) is 1.72. The quantitative estimate of drug-likeness (QED) is 0.593. The second-order valence-corrected chi connectivity index (χ2v) is 6.62. The molecule has 1 nitrogen and oxygen atoms in total. The van der Waals surface area contributed by atoms with E-state index in [1.54, 1.807) is 16.9 Å². The normalized spacial score (nSPS) is 27.5. The Kier molecular flexibility index (Phi) is 1.48. The minimum Gasteiger partial charge on any atom is -0.398 e. The van der Waals surface area contributed by atoms with Gasteiger partial charge in [0.2, 0.25) is 0 Å². The van der Waals surface area contributed by atoms with Crippen molar-refractivity contribution in [2.45, 2.75) is 0 Å². The lowest BCUT2D eigenvalue weighted by molar-refractivity contribution is 1.46. The largest absolute Gasteiger partial charge is 0.398 e. The van der Waals surface area contributed by atoms with E-state index >= 15 is 0 Å². The van der Waals surface area contributed by atoms with E-state index in [2.05, 4.69) is 0 Å². The summed E-state index contributed by atoms with van der Waals surface area (Å²) in [5.74, 6) is 0. The summed E-state index contributed by atoms with van der Waals surface area (Å²) < 4.78 is 0. The second kappa shape index (κ2) is 1.87. The first-order valence-corrected chi connectivity index (χ1v) is 5.39. The van der Waals surface area contributed by atoms with Crippen molar-refractivity contribution in [3.63, 3.8) is 0 Å². The molecule has 46 valence electrons. The zero-order valence-corrected chi connectivity index (χ0v) is 6.30. The third kappa shape index (κ3) is 1.34. The molecular weight excluding hydrogens is 165 g/mol. The van der Waals surface area contributed by atoms with E-state index in [0.717, 1.165) is 0 Å². The molecule has 0 radical (unpaired) electrons. The van der Waals surface area contributed by atoms with E-state index in [-0.39, 0.29) is 0 Å². The monoisotopic (exact) mass is 169 g/mol. The van der Waals surface area contributed by atoms with Gasteiger partial charge in [-0.15, -0.1) is 0 Å². The van der Waals surface area contributed by atoms with Crippen LogP contribution in [0.4, 0.5) is 0 Å². The summed E-state index contributed by atoms with van der Waals surface area (Å²) in [5, 5.41) is 3.38. The highest BCUT2D eigenvalue weighted by molar-refractivity contribution is 8.69. The molecule has 2 N–H and O–H groups in total. The maximum atomic E-state index is 5.67. The van der Waals surface area contributed by atoms with Crippen LogP contribution in [0, 0.1) is 0 Å². The van der Waals surface area contributed by atoms with Crippen molar-refractivity contribution in [2.24, 2.45) is 5.73 Å². The summed E-state index contributed by atoms with van der Waals surface area (Å²) in [7, 11) is 9.72. The fraction of sp³-hybridized carbons (Fsp3) is 0. The fourth-order valence-electron chi connectivity index (χ4n) is 0.429. The van der Waals surface area contributed by atoms with Gasteiger partial charge in [-0.3, -0.25) is 0 Å². The van der Waals surface area contributed by atoms with Gasteiger partial charge in [-0.2, -0.15) is 0 Å². The van der Waals surface area contributed by atoms with E-state index < -0.39 is 8.46 Å². The Hall–Kier alpha value is 0.210. The zero-order valence-electron chi connectivity index (χ0n) is 3.97. The number of hydrogen-bond acceptors (Lipinski definition) is 1. The maximum Gasteiger partial charge on any atom is 0.0393 e. The lowest BCUT2D eigenvalue weighted by Crippen LogP contribution is -1.87. The standard InChI is InChI=1S/C4H5Cl2NS/c5-8(6)2-1-4(7)3-8/h1-3H,7H2. The van der Waals surface area contributed by atoms with Crippen LogP contribution in [0.5, 0.6) is 0 Å². The van der Waals surface area contributed by atoms with Crippen LogP contribution in [0.1, 0.15) is 0 Å². The van der Waals surface area contributed by atoms with Gasteiger partial charge in [-0.25, -0.2) is 0 Å². The van der Waals surface area contributed by atoms with E-state index in [1.807, 2.05) is 0 Å². The molecule has 0 bridgehead atoms. The highest BCUT2D eigenvalue weighted by Crippen LogP contribution is 2.63. The number of hydrogen-bond donors (Lipinski definition) is 1. The Labute approximate surface area is 58.5 Å². The van der Waals surface area contributed by atoms with Gasteiger partial charge in [0.1, 0.15) is 0 Å². The van der Waals surface area contributed by atoms with Crippen LogP contribution in [0.25, 0.3) is 0 Å². The van der Waals surface area contributed by atoms with Crippen LogP contribution in [-0.4, -0.2) is 0 Å². The van der Waals surface area contributed by atoms with Crippen LogP contribution >= 0.6 is 29.8 Å². The summed E-state index contributed by atoms with van der Waals surface area (Å²) in [6.45, 7) is 0. The average Bonchev–Trinajstić information content (AvgIpc) is 1.82. The number of rotatable bonds is 0. The Bertz CT molecular complexity index is 161. The highest BCUT2D eigenvalue weighted by Gasteiger charge is 2.14. The molecule has 0 aromatic carbocycles. The molecule has 0 fully saturated rings. The smallest absolute Gasteiger partial charge is 0.0393 e. The van der Waals surface area contributed by atoms with Crippen molar-refractivity contribution in [1.82, 2.24) is 0 Å². The van der Waals surface area contributed by atoms with Crippen molar-refractivity contribution >= 4 is 29.8 Å². The summed E-state index contributed by atoms with van der Waals surface area (Å²) in [5.41, 5.74) is 5.99. The lowest BCUT2D eigenvalue weighted by atomic mass is 10.5. The molecule has 0 spiro atoms. The molecule has 0 aromatic rings. The summed E-state index contributed by atoms with van der Waals surface area (Å²) in [6, 6.07) is 0. The van der Waals surface area contributed by atoms with Crippen molar-refractivity contribution in [3.05, 3.63) is 22.6 Å². The molecule has 0 unspecified atom stereocenters. The Morgan fingerprint density at radius 3 is 2.25 bits per heavy atom. The predicted molar refractivity (Wildman–Crippen MR) is 40.7 cm³/mol. The van der Waals surface area contributed by atoms with E-state index in [1.165, 1.54) is 0 Å². The van der Waals surface area contributed by atoms with Gasteiger partial charge in [0.25, 0.3) is 0 Å². The van der Waals surface area contributed by atoms with E-state index in [4.69, 9.17) is 27.1 Å². The summed E-state index contributed by atoms with van der Waals surface area (Å²) >= 11 is 0. The maximum absolute atomic E-state index is 5.67. The van der Waals surface area contributed by atoms with Gasteiger partial charge in [-0.1, -0.05) is 0 Å². The van der Waals surface area contributed by atoms with Gasteiger partial charge in [0.15, 0.2) is 0 Å². The molecule has 0 atom stereocenters. The number of nitrogens with two attached hydrogens (primary N) is 1. The Balaban J connectivity index is 2.84. The molecule has 0 amide bonds. The number of halogens is 2. The van der Waals surface area contributed by atoms with Crippen molar-refractivity contribution in [3.8, 4) is 0 Å². The van der Waals surface area contributed by atoms with Gasteiger partial charge in [0.05, 0.1) is 0 Å². The van der Waals surface area contributed by atoms with Crippen molar-refractivity contribution in [2.75, 3.05) is 0 Å². The first-order chi connectivity index (χ1) is 3.60. The first kappa shape index (κ1) is 6.33. The topological polar surface area (TPSA) is 26.0 Å². The molecule has 0 aromatic heterocycles. The molecular formula is C4H5Cl2NS. The molecule has 0 saturated heterocycles. The van der Waals surface area contributed by atoms with Gasteiger partial charge in [-0.05, 0) is 41.3 Å². The lowest BCUT2D eigenvalue weighted by Gasteiger charge is -2.08. The predicted octanol–water partition coefficient (Wildman–Crippen LogP) is 2.43. The number of allylic oxidation sites excluding steroid dienone is 1. The summed E-state index contributed by atoms with van der Waals surface area (Å²) in [4.78, 5) is 0. The zero-order chi connectivity index (χ0) is 6.20. The third-order valence-electron chi connectivity index (χ3n) is 0.735. The van der Waals surface area contributed by atoms with Gasteiger partial charge >= 0.3 is 0 Å². The third-order valence-corrected chi connectivity index (χ3v) is 2.97. The van der Waals surface area contributed by atoms with Crippen molar-refractivity contribution in [1.29, 1.82) is 0 Å². The Morgan fingerprint density at radius 2 is 2.12 bits per heavy atom. The molecule has 4 heteroatoms. The second-order valence-electron chi connectivity index (χ2n) is 1.47. The van der Waals surface area contributed by atoms with Crippen LogP contribution in [0.2, 0.25) is 0 Å². The van der Waals surface area contributed by atoms with Gasteiger partial charge < -0.3 is 5.73 Å². The van der Waals surface area contributed by atoms with Crippen LogP contribution in [0.3, 0.4) is 0 Å². The fourth-order valence-corrected chi connectivity index (χ4v) is 2.21. The molecule has 0 saturated carbocycles. The van der Waals surface area contributed by atoms with Crippen LogP contribution in [-0.2, 0) is 0 Å². The van der Waals surface area contributed by atoms with Crippen LogP contribution in [0.15, 0.2) is 22.6 Å². The molecule has 1 heterocycles. The van der Waals surface area contributed by atoms with Gasteiger partial charge in [0, 0.05) is 11.1 Å². The van der Waals surface area contributed by atoms with E-state index in [0.29, 0.717) is 5.70 Å². The molecule has 1 rings (SSSR count). The Morgan fingerprint density at radius 1 is 1.50 bits per heavy atom. The first-order valence-electron chi connectivity index (χ1n) is 1.98. The molecule has 1 aliphatic heterocycles. The SMILES string of the molecule is NC1=CS(Cl)(Cl)C=C1. The highest BCUT2D eigenvalue weighted by atomic mass is 36.0. The molecule has 0 aliphatic carbocycles.